The molecule has 166 valence electrons. The van der Waals surface area contributed by atoms with Crippen LogP contribution in [0.4, 0.5) is 0 Å². The molecule has 0 radical (unpaired) electrons. The highest BCUT2D eigenvalue weighted by Crippen LogP contribution is 2.39. The van der Waals surface area contributed by atoms with Crippen LogP contribution in [-0.2, 0) is 0 Å². The number of aliphatic hydroxyl groups excluding tert-OH is 1. The first-order valence-electron chi connectivity index (χ1n) is 10.5. The van der Waals surface area contributed by atoms with Crippen molar-refractivity contribution in [2.45, 2.75) is 13.0 Å². The standard InChI is InChI=1S/C26H20ClNO5/c1-15-12-21-19(14-20(15)27)24(30)22-23(28(10-11-29)26(31)25(22)33-21)16-6-5-9-18(13-16)32-17-7-3-2-4-8-17/h2-9,12-14,23,29H,10-11H2,1H3. The Morgan fingerprint density at radius 3 is 2.55 bits per heavy atom. The van der Waals surface area contributed by atoms with Crippen LogP contribution in [0.25, 0.3) is 11.0 Å². The molecule has 0 aliphatic carbocycles. The Morgan fingerprint density at radius 1 is 1.03 bits per heavy atom. The van der Waals surface area contributed by atoms with Gasteiger partial charge in [-0.15, -0.1) is 0 Å². The Morgan fingerprint density at radius 2 is 1.79 bits per heavy atom. The number of fused-ring (bicyclic) bond motifs is 2. The maximum absolute atomic E-state index is 13.5. The number of halogens is 1. The van der Waals surface area contributed by atoms with Crippen molar-refractivity contribution >= 4 is 28.5 Å². The average molecular weight is 462 g/mol. The van der Waals surface area contributed by atoms with Crippen molar-refractivity contribution in [3.63, 3.8) is 0 Å². The minimum Gasteiger partial charge on any atom is -0.457 e. The van der Waals surface area contributed by atoms with Crippen molar-refractivity contribution in [2.24, 2.45) is 0 Å². The number of carbonyl (C=O) groups excluding carboxylic acids is 1. The van der Waals surface area contributed by atoms with Crippen molar-refractivity contribution in [3.8, 4) is 11.5 Å². The van der Waals surface area contributed by atoms with E-state index in [0.29, 0.717) is 33.1 Å². The lowest BCUT2D eigenvalue weighted by molar-refractivity contribution is 0.0691. The summed E-state index contributed by atoms with van der Waals surface area (Å²) in [5.74, 6) is 0.778. The van der Waals surface area contributed by atoms with E-state index in [1.165, 1.54) is 4.90 Å². The first-order valence-corrected chi connectivity index (χ1v) is 10.9. The summed E-state index contributed by atoms with van der Waals surface area (Å²) in [4.78, 5) is 28.2. The highest BCUT2D eigenvalue weighted by Gasteiger charge is 2.42. The average Bonchev–Trinajstić information content (AvgIpc) is 3.08. The normalized spacial score (nSPS) is 15.2. The van der Waals surface area contributed by atoms with Crippen LogP contribution in [0.5, 0.6) is 11.5 Å². The van der Waals surface area contributed by atoms with E-state index in [-0.39, 0.29) is 29.9 Å². The fourth-order valence-corrected chi connectivity index (χ4v) is 4.36. The molecule has 2 heterocycles. The van der Waals surface area contributed by atoms with E-state index < -0.39 is 11.9 Å². The summed E-state index contributed by atoms with van der Waals surface area (Å²) in [6.45, 7) is 1.60. The second-order valence-corrected chi connectivity index (χ2v) is 8.29. The molecule has 3 aromatic carbocycles. The SMILES string of the molecule is Cc1cc2oc3c(c(=O)c2cc1Cl)C(c1cccc(Oc2ccccc2)c1)N(CCO)C3=O. The fraction of sp³-hybridized carbons (Fsp3) is 0.154. The molecule has 33 heavy (non-hydrogen) atoms. The number of hydrogen-bond donors (Lipinski definition) is 1. The molecule has 7 heteroatoms. The minimum absolute atomic E-state index is 0.0120. The quantitative estimate of drug-likeness (QED) is 0.448. The summed E-state index contributed by atoms with van der Waals surface area (Å²) < 4.78 is 11.9. The zero-order valence-corrected chi connectivity index (χ0v) is 18.5. The van der Waals surface area contributed by atoms with Crippen LogP contribution in [-0.4, -0.2) is 29.1 Å². The predicted octanol–water partition coefficient (Wildman–Crippen LogP) is 5.08. The number of aryl methyl sites for hydroxylation is 1. The van der Waals surface area contributed by atoms with Gasteiger partial charge in [0.25, 0.3) is 5.91 Å². The van der Waals surface area contributed by atoms with E-state index in [1.807, 2.05) is 36.4 Å². The topological polar surface area (TPSA) is 80.0 Å². The molecule has 1 N–H and O–H groups in total. The molecular weight excluding hydrogens is 442 g/mol. The number of para-hydroxylation sites is 1. The van der Waals surface area contributed by atoms with Crippen LogP contribution in [0.1, 0.15) is 33.3 Å². The maximum atomic E-state index is 13.5. The Balaban J connectivity index is 1.67. The van der Waals surface area contributed by atoms with Gasteiger partial charge in [0.05, 0.1) is 23.6 Å². The lowest BCUT2D eigenvalue weighted by Crippen LogP contribution is -2.32. The number of benzene rings is 3. The van der Waals surface area contributed by atoms with Crippen LogP contribution >= 0.6 is 11.6 Å². The van der Waals surface area contributed by atoms with Gasteiger partial charge < -0.3 is 19.2 Å². The zero-order chi connectivity index (χ0) is 23.1. The lowest BCUT2D eigenvalue weighted by atomic mass is 9.98. The first kappa shape index (κ1) is 21.2. The Labute approximate surface area is 194 Å². The lowest BCUT2D eigenvalue weighted by Gasteiger charge is -2.24. The monoisotopic (exact) mass is 461 g/mol. The van der Waals surface area contributed by atoms with Gasteiger partial charge in [0.2, 0.25) is 5.76 Å². The van der Waals surface area contributed by atoms with Crippen LogP contribution in [0.15, 0.2) is 75.9 Å². The van der Waals surface area contributed by atoms with Gasteiger partial charge in [0.15, 0.2) is 5.43 Å². The van der Waals surface area contributed by atoms with Gasteiger partial charge in [-0.1, -0.05) is 41.9 Å². The van der Waals surface area contributed by atoms with Gasteiger partial charge in [-0.3, -0.25) is 9.59 Å². The largest absolute Gasteiger partial charge is 0.457 e. The number of β-amino-alcohol motifs (C(OH)–C–C–N with tert-alkyl or cyclic N) is 1. The third-order valence-corrected chi connectivity index (χ3v) is 6.15. The summed E-state index contributed by atoms with van der Waals surface area (Å²) in [6, 6.07) is 19.0. The number of carbonyl (C=O) groups is 1. The summed E-state index contributed by atoms with van der Waals surface area (Å²) in [5.41, 5.74) is 1.64. The maximum Gasteiger partial charge on any atom is 0.290 e. The van der Waals surface area contributed by atoms with E-state index in [9.17, 15) is 14.7 Å². The predicted molar refractivity (Wildman–Crippen MR) is 125 cm³/mol. The number of ether oxygens (including phenoxy) is 1. The van der Waals surface area contributed by atoms with E-state index in [2.05, 4.69) is 0 Å². The molecule has 1 aromatic heterocycles. The summed E-state index contributed by atoms with van der Waals surface area (Å²) in [6.07, 6.45) is 0. The molecule has 0 saturated carbocycles. The number of aliphatic hydroxyl groups is 1. The molecule has 0 saturated heterocycles. The molecule has 0 spiro atoms. The summed E-state index contributed by atoms with van der Waals surface area (Å²) >= 11 is 6.26. The molecular formula is C26H20ClNO5. The van der Waals surface area contributed by atoms with Gasteiger partial charge in [-0.25, -0.2) is 0 Å². The van der Waals surface area contributed by atoms with E-state index in [0.717, 1.165) is 5.56 Å². The van der Waals surface area contributed by atoms with Gasteiger partial charge in [0, 0.05) is 11.6 Å². The number of nitrogens with zero attached hydrogens (tertiary/aromatic N) is 1. The number of amides is 1. The molecule has 1 atom stereocenters. The fourth-order valence-electron chi connectivity index (χ4n) is 4.20. The van der Waals surface area contributed by atoms with E-state index in [4.69, 9.17) is 20.8 Å². The second-order valence-electron chi connectivity index (χ2n) is 7.88. The van der Waals surface area contributed by atoms with Crippen LogP contribution in [0, 0.1) is 6.92 Å². The first-order chi connectivity index (χ1) is 16.0. The third-order valence-electron chi connectivity index (χ3n) is 5.74. The third kappa shape index (κ3) is 3.67. The highest BCUT2D eigenvalue weighted by molar-refractivity contribution is 6.32. The smallest absolute Gasteiger partial charge is 0.290 e. The second kappa shape index (κ2) is 8.39. The van der Waals surface area contributed by atoms with Gasteiger partial charge in [-0.2, -0.15) is 0 Å². The molecule has 0 fully saturated rings. The van der Waals surface area contributed by atoms with E-state index in [1.54, 1.807) is 37.3 Å². The van der Waals surface area contributed by atoms with Gasteiger partial charge >= 0.3 is 0 Å². The molecule has 0 bridgehead atoms. The minimum atomic E-state index is -0.722. The highest BCUT2D eigenvalue weighted by atomic mass is 35.5. The molecule has 1 amide bonds. The number of rotatable bonds is 5. The number of hydrogen-bond acceptors (Lipinski definition) is 5. The van der Waals surface area contributed by atoms with Crippen molar-refractivity contribution in [1.29, 1.82) is 0 Å². The Hall–Kier alpha value is -3.61. The van der Waals surface area contributed by atoms with Crippen LogP contribution in [0.3, 0.4) is 0 Å². The summed E-state index contributed by atoms with van der Waals surface area (Å²) in [7, 11) is 0. The molecule has 4 aromatic rings. The molecule has 1 aliphatic heterocycles. The molecule has 1 aliphatic rings. The van der Waals surface area contributed by atoms with Crippen molar-refractivity contribution in [3.05, 3.63) is 104 Å². The van der Waals surface area contributed by atoms with Crippen molar-refractivity contribution in [2.75, 3.05) is 13.2 Å². The summed E-state index contributed by atoms with van der Waals surface area (Å²) in [5, 5.41) is 10.4. The molecule has 1 unspecified atom stereocenters. The zero-order valence-electron chi connectivity index (χ0n) is 17.7. The Kier molecular flexibility index (Phi) is 5.40. The van der Waals surface area contributed by atoms with Crippen LogP contribution < -0.4 is 10.2 Å². The van der Waals surface area contributed by atoms with Gasteiger partial charge in [0.1, 0.15) is 17.1 Å². The Bertz CT molecular complexity index is 1430. The van der Waals surface area contributed by atoms with E-state index >= 15 is 0 Å². The van der Waals surface area contributed by atoms with Crippen molar-refractivity contribution in [1.82, 2.24) is 4.90 Å². The van der Waals surface area contributed by atoms with Crippen molar-refractivity contribution < 1.29 is 19.1 Å². The molecule has 6 nitrogen and oxygen atoms in total. The van der Waals surface area contributed by atoms with Crippen LogP contribution in [0.2, 0.25) is 5.02 Å². The van der Waals surface area contributed by atoms with Gasteiger partial charge in [-0.05, 0) is 54.4 Å². The molecule has 5 rings (SSSR count).